The molecule has 0 aliphatic carbocycles. The minimum atomic E-state index is -1.33. The second-order valence-corrected chi connectivity index (χ2v) is 7.56. The van der Waals surface area contributed by atoms with Crippen molar-refractivity contribution in [1.29, 1.82) is 0 Å². The Kier molecular flexibility index (Phi) is 7.65. The van der Waals surface area contributed by atoms with Crippen LogP contribution in [0, 0.1) is 0 Å². The summed E-state index contributed by atoms with van der Waals surface area (Å²) in [4.78, 5) is 23.7. The van der Waals surface area contributed by atoms with Crippen LogP contribution in [0.25, 0.3) is 0 Å². The van der Waals surface area contributed by atoms with Crippen LogP contribution >= 0.6 is 0 Å². The maximum Gasteiger partial charge on any atom is 0.347 e. The Morgan fingerprint density at radius 2 is 1.76 bits per heavy atom. The number of carbonyl (C=O) groups excluding carboxylic acids is 1. The van der Waals surface area contributed by atoms with Crippen LogP contribution in [-0.4, -0.2) is 27.7 Å². The summed E-state index contributed by atoms with van der Waals surface area (Å²) in [7, 11) is 0. The predicted molar refractivity (Wildman–Crippen MR) is 111 cm³/mol. The Balaban J connectivity index is 2.02. The van der Waals surface area contributed by atoms with Gasteiger partial charge in [-0.1, -0.05) is 50.1 Å². The second-order valence-electron chi connectivity index (χ2n) is 7.56. The summed E-state index contributed by atoms with van der Waals surface area (Å²) in [5, 5.41) is 22.3. The Hall–Kier alpha value is -3.02. The number of para-hydroxylation sites is 1. The van der Waals surface area contributed by atoms with Gasteiger partial charge >= 0.3 is 5.97 Å². The molecule has 156 valence electrons. The SMILES string of the molecule is CCCCC(NC(=O)Cc1ccc(OC(C)(C)C(=O)O)cc1)c1ccccc1O. The van der Waals surface area contributed by atoms with E-state index >= 15 is 0 Å². The molecule has 0 saturated carbocycles. The highest BCUT2D eigenvalue weighted by atomic mass is 16.5. The minimum Gasteiger partial charge on any atom is -0.508 e. The number of nitrogens with one attached hydrogen (secondary N) is 1. The number of phenols is 1. The number of unbranched alkanes of at least 4 members (excludes halogenated alkanes) is 1. The predicted octanol–water partition coefficient (Wildman–Crippen LogP) is 4.22. The molecular weight excluding hydrogens is 370 g/mol. The van der Waals surface area contributed by atoms with Crippen LogP contribution in [0.15, 0.2) is 48.5 Å². The van der Waals surface area contributed by atoms with Gasteiger partial charge in [0.05, 0.1) is 12.5 Å². The number of amides is 1. The van der Waals surface area contributed by atoms with Gasteiger partial charge in [-0.15, -0.1) is 0 Å². The number of phenolic OH excluding ortho intramolecular Hbond substituents is 1. The smallest absolute Gasteiger partial charge is 0.347 e. The molecule has 3 N–H and O–H groups in total. The molecule has 0 heterocycles. The molecule has 0 bridgehead atoms. The largest absolute Gasteiger partial charge is 0.508 e. The number of aliphatic carboxylic acids is 1. The van der Waals surface area contributed by atoms with Gasteiger partial charge in [-0.2, -0.15) is 0 Å². The molecule has 6 nitrogen and oxygen atoms in total. The third kappa shape index (κ3) is 6.52. The molecule has 6 heteroatoms. The van der Waals surface area contributed by atoms with Crippen molar-refractivity contribution in [2.75, 3.05) is 0 Å². The van der Waals surface area contributed by atoms with Gasteiger partial charge < -0.3 is 20.3 Å². The molecule has 0 fully saturated rings. The van der Waals surface area contributed by atoms with Gasteiger partial charge in [0.15, 0.2) is 5.60 Å². The van der Waals surface area contributed by atoms with E-state index in [0.29, 0.717) is 11.3 Å². The third-order valence-electron chi connectivity index (χ3n) is 4.67. The zero-order valence-electron chi connectivity index (χ0n) is 17.1. The van der Waals surface area contributed by atoms with Crippen LogP contribution in [0.1, 0.15) is 57.2 Å². The maximum atomic E-state index is 12.6. The third-order valence-corrected chi connectivity index (χ3v) is 4.67. The molecule has 1 amide bonds. The molecule has 0 saturated heterocycles. The van der Waals surface area contributed by atoms with Crippen LogP contribution in [-0.2, 0) is 16.0 Å². The van der Waals surface area contributed by atoms with E-state index in [4.69, 9.17) is 9.84 Å². The minimum absolute atomic E-state index is 0.145. The molecule has 2 rings (SSSR count). The Labute approximate surface area is 171 Å². The highest BCUT2D eigenvalue weighted by molar-refractivity contribution is 5.79. The number of benzene rings is 2. The first-order valence-electron chi connectivity index (χ1n) is 9.81. The highest BCUT2D eigenvalue weighted by Gasteiger charge is 2.29. The molecule has 2 aromatic carbocycles. The molecule has 1 atom stereocenters. The summed E-state index contributed by atoms with van der Waals surface area (Å²) in [6.07, 6.45) is 2.86. The van der Waals surface area contributed by atoms with E-state index in [2.05, 4.69) is 12.2 Å². The van der Waals surface area contributed by atoms with E-state index in [1.807, 2.05) is 12.1 Å². The van der Waals surface area contributed by atoms with Crippen molar-refractivity contribution in [2.24, 2.45) is 0 Å². The first kappa shape index (κ1) is 22.3. The lowest BCUT2D eigenvalue weighted by atomic mass is 9.99. The summed E-state index contributed by atoms with van der Waals surface area (Å²) in [6.45, 7) is 5.04. The summed E-state index contributed by atoms with van der Waals surface area (Å²) < 4.78 is 5.48. The lowest BCUT2D eigenvalue weighted by Crippen LogP contribution is -2.37. The molecular formula is C23H29NO5. The fourth-order valence-corrected chi connectivity index (χ4v) is 2.94. The molecule has 0 aliphatic heterocycles. The Morgan fingerprint density at radius 3 is 2.34 bits per heavy atom. The number of rotatable bonds is 10. The molecule has 0 radical (unpaired) electrons. The normalized spacial score (nSPS) is 12.2. The van der Waals surface area contributed by atoms with Crippen molar-refractivity contribution >= 4 is 11.9 Å². The zero-order valence-corrected chi connectivity index (χ0v) is 17.1. The van der Waals surface area contributed by atoms with Crippen molar-refractivity contribution in [2.45, 2.75) is 58.1 Å². The van der Waals surface area contributed by atoms with E-state index in [0.717, 1.165) is 24.8 Å². The zero-order chi connectivity index (χ0) is 21.4. The van der Waals surface area contributed by atoms with Gasteiger partial charge in [0.1, 0.15) is 11.5 Å². The van der Waals surface area contributed by atoms with Gasteiger partial charge in [-0.3, -0.25) is 4.79 Å². The van der Waals surface area contributed by atoms with Crippen LogP contribution in [0.5, 0.6) is 11.5 Å². The number of hydrogen-bond donors (Lipinski definition) is 3. The summed E-state index contributed by atoms with van der Waals surface area (Å²) in [5.41, 5.74) is 0.173. The van der Waals surface area contributed by atoms with Gasteiger partial charge in [-0.25, -0.2) is 4.79 Å². The number of carbonyl (C=O) groups is 2. The average molecular weight is 399 g/mol. The fraction of sp³-hybridized carbons (Fsp3) is 0.391. The molecule has 0 spiro atoms. The maximum absolute atomic E-state index is 12.6. The fourth-order valence-electron chi connectivity index (χ4n) is 2.94. The number of carboxylic acid groups (broad SMARTS) is 1. The van der Waals surface area contributed by atoms with Gasteiger partial charge in [0.2, 0.25) is 5.91 Å². The number of carboxylic acids is 1. The highest BCUT2D eigenvalue weighted by Crippen LogP contribution is 2.27. The van der Waals surface area contributed by atoms with Crippen molar-refractivity contribution in [3.8, 4) is 11.5 Å². The lowest BCUT2D eigenvalue weighted by Gasteiger charge is -2.22. The van der Waals surface area contributed by atoms with Crippen LogP contribution in [0.4, 0.5) is 0 Å². The van der Waals surface area contributed by atoms with E-state index in [1.165, 1.54) is 13.8 Å². The number of hydrogen-bond acceptors (Lipinski definition) is 4. The molecule has 0 aliphatic rings. The topological polar surface area (TPSA) is 95.9 Å². The van der Waals surface area contributed by atoms with Crippen molar-refractivity contribution in [3.05, 3.63) is 59.7 Å². The van der Waals surface area contributed by atoms with Crippen molar-refractivity contribution in [3.63, 3.8) is 0 Å². The number of aromatic hydroxyl groups is 1. The van der Waals surface area contributed by atoms with E-state index in [1.54, 1.807) is 36.4 Å². The monoisotopic (exact) mass is 399 g/mol. The Morgan fingerprint density at radius 1 is 1.10 bits per heavy atom. The number of ether oxygens (including phenoxy) is 1. The Bertz CT molecular complexity index is 829. The van der Waals surface area contributed by atoms with Gasteiger partial charge in [-0.05, 0) is 44.0 Å². The first-order chi connectivity index (χ1) is 13.7. The molecule has 2 aromatic rings. The van der Waals surface area contributed by atoms with Gasteiger partial charge in [0, 0.05) is 5.56 Å². The lowest BCUT2D eigenvalue weighted by molar-refractivity contribution is -0.152. The van der Waals surface area contributed by atoms with Crippen LogP contribution in [0.3, 0.4) is 0 Å². The molecule has 0 aromatic heterocycles. The van der Waals surface area contributed by atoms with E-state index < -0.39 is 11.6 Å². The average Bonchev–Trinajstić information content (AvgIpc) is 2.67. The van der Waals surface area contributed by atoms with Crippen LogP contribution in [0.2, 0.25) is 0 Å². The van der Waals surface area contributed by atoms with Gasteiger partial charge in [0.25, 0.3) is 0 Å². The van der Waals surface area contributed by atoms with E-state index in [9.17, 15) is 14.7 Å². The standard InChI is InChI=1S/C23H29NO5/c1-4-5-9-19(18-8-6-7-10-20(18)25)24-21(26)15-16-11-13-17(14-12-16)29-23(2,3)22(27)28/h6-8,10-14,19,25H,4-5,9,15H2,1-3H3,(H,24,26)(H,27,28). The first-order valence-corrected chi connectivity index (χ1v) is 9.81. The van der Waals surface area contributed by atoms with Crippen molar-refractivity contribution in [1.82, 2.24) is 5.32 Å². The second kappa shape index (κ2) is 9.96. The van der Waals surface area contributed by atoms with Crippen LogP contribution < -0.4 is 10.1 Å². The summed E-state index contributed by atoms with van der Waals surface area (Å²) >= 11 is 0. The quantitative estimate of drug-likeness (QED) is 0.556. The molecule has 1 unspecified atom stereocenters. The van der Waals surface area contributed by atoms with Crippen molar-refractivity contribution < 1.29 is 24.5 Å². The summed E-state index contributed by atoms with van der Waals surface area (Å²) in [5.74, 6) is -0.592. The summed E-state index contributed by atoms with van der Waals surface area (Å²) in [6, 6.07) is 13.6. The molecule has 29 heavy (non-hydrogen) atoms. The van der Waals surface area contributed by atoms with E-state index in [-0.39, 0.29) is 24.1 Å².